The van der Waals surface area contributed by atoms with Crippen molar-refractivity contribution in [1.29, 1.82) is 0 Å². The van der Waals surface area contributed by atoms with Gasteiger partial charge in [0.05, 0.1) is 5.25 Å². The zero-order valence-corrected chi connectivity index (χ0v) is 13.0. The predicted octanol–water partition coefficient (Wildman–Crippen LogP) is 2.20. The van der Waals surface area contributed by atoms with Gasteiger partial charge >= 0.3 is 0 Å². The van der Waals surface area contributed by atoms with E-state index in [2.05, 4.69) is 10.0 Å². The molecule has 2 rings (SSSR count). The Hall–Kier alpha value is -0.910. The molecule has 1 fully saturated rings. The normalized spacial score (nSPS) is 18.7. The molecular weight excluding hydrogens is 272 g/mol. The summed E-state index contributed by atoms with van der Waals surface area (Å²) in [4.78, 5) is 0. The Labute approximate surface area is 122 Å². The molecule has 1 saturated carbocycles. The topological polar surface area (TPSA) is 58.2 Å². The van der Waals surface area contributed by atoms with Gasteiger partial charge in [0.1, 0.15) is 0 Å². The van der Waals surface area contributed by atoms with E-state index in [1.165, 1.54) is 12.8 Å². The van der Waals surface area contributed by atoms with Crippen molar-refractivity contribution in [3.05, 3.63) is 35.9 Å². The van der Waals surface area contributed by atoms with Gasteiger partial charge in [-0.2, -0.15) is 0 Å². The maximum Gasteiger partial charge on any atom is 0.216 e. The molecule has 0 heterocycles. The predicted molar refractivity (Wildman–Crippen MR) is 82.0 cm³/mol. The Kier molecular flexibility index (Phi) is 5.18. The highest BCUT2D eigenvalue weighted by Crippen LogP contribution is 2.20. The van der Waals surface area contributed by atoms with E-state index in [0.717, 1.165) is 12.0 Å². The van der Waals surface area contributed by atoms with Gasteiger partial charge in [-0.15, -0.1) is 0 Å². The van der Waals surface area contributed by atoms with Crippen molar-refractivity contribution in [2.75, 3.05) is 6.54 Å². The minimum Gasteiger partial charge on any atom is -0.313 e. The van der Waals surface area contributed by atoms with Gasteiger partial charge in [0, 0.05) is 18.6 Å². The van der Waals surface area contributed by atoms with Crippen LogP contribution in [0.3, 0.4) is 0 Å². The lowest BCUT2D eigenvalue weighted by Gasteiger charge is -2.21. The smallest absolute Gasteiger partial charge is 0.216 e. The molecule has 112 valence electrons. The van der Waals surface area contributed by atoms with E-state index in [1.54, 1.807) is 6.92 Å². The van der Waals surface area contributed by atoms with E-state index in [9.17, 15) is 8.42 Å². The van der Waals surface area contributed by atoms with Crippen LogP contribution in [-0.2, 0) is 10.0 Å². The first-order valence-corrected chi connectivity index (χ1v) is 8.87. The van der Waals surface area contributed by atoms with E-state index >= 15 is 0 Å². The summed E-state index contributed by atoms with van der Waals surface area (Å²) in [5.74, 6) is 0. The van der Waals surface area contributed by atoms with Crippen molar-refractivity contribution in [3.63, 3.8) is 0 Å². The molecule has 0 aromatic heterocycles. The Balaban J connectivity index is 1.97. The van der Waals surface area contributed by atoms with Gasteiger partial charge in [0.15, 0.2) is 0 Å². The second-order valence-corrected chi connectivity index (χ2v) is 7.66. The molecule has 1 aliphatic rings. The molecule has 2 unspecified atom stereocenters. The minimum absolute atomic E-state index is 0.149. The first-order chi connectivity index (χ1) is 9.53. The summed E-state index contributed by atoms with van der Waals surface area (Å²) < 4.78 is 27.5. The van der Waals surface area contributed by atoms with Crippen LogP contribution in [0.15, 0.2) is 30.3 Å². The number of benzene rings is 1. The van der Waals surface area contributed by atoms with Crippen LogP contribution in [0.25, 0.3) is 0 Å². The van der Waals surface area contributed by atoms with Gasteiger partial charge in [-0.3, -0.25) is 0 Å². The summed E-state index contributed by atoms with van der Waals surface area (Å²) in [7, 11) is -3.30. The number of hydrogen-bond donors (Lipinski definition) is 2. The van der Waals surface area contributed by atoms with E-state index < -0.39 is 15.3 Å². The average Bonchev–Trinajstić information content (AvgIpc) is 3.27. The average molecular weight is 296 g/mol. The highest BCUT2D eigenvalue weighted by Gasteiger charge is 2.27. The summed E-state index contributed by atoms with van der Waals surface area (Å²) in [6, 6.07) is 10.1. The highest BCUT2D eigenvalue weighted by molar-refractivity contribution is 7.90. The highest BCUT2D eigenvalue weighted by atomic mass is 32.2. The maximum absolute atomic E-state index is 12.4. The lowest BCUT2D eigenvalue weighted by molar-refractivity contribution is 0.531. The Bertz CT molecular complexity index is 512. The van der Waals surface area contributed by atoms with Gasteiger partial charge < -0.3 is 5.32 Å². The largest absolute Gasteiger partial charge is 0.313 e. The summed E-state index contributed by atoms with van der Waals surface area (Å²) in [5, 5.41) is 2.86. The van der Waals surface area contributed by atoms with Crippen LogP contribution in [0.4, 0.5) is 0 Å². The van der Waals surface area contributed by atoms with Crippen molar-refractivity contribution >= 4 is 10.0 Å². The van der Waals surface area contributed by atoms with Crippen LogP contribution in [0.1, 0.15) is 44.7 Å². The van der Waals surface area contributed by atoms with Crippen LogP contribution in [-0.4, -0.2) is 26.3 Å². The van der Waals surface area contributed by atoms with Gasteiger partial charge in [-0.1, -0.05) is 37.3 Å². The lowest BCUT2D eigenvalue weighted by Crippen LogP contribution is -2.41. The minimum atomic E-state index is -3.30. The molecule has 20 heavy (non-hydrogen) atoms. The molecule has 0 aliphatic heterocycles. The summed E-state index contributed by atoms with van der Waals surface area (Å²) in [6.45, 7) is 4.27. The van der Waals surface area contributed by atoms with E-state index in [0.29, 0.717) is 12.6 Å². The SMILES string of the molecule is CCC(NS(=O)(=O)C(C)CNC1CC1)c1ccccc1. The van der Waals surface area contributed by atoms with Gasteiger partial charge in [0.25, 0.3) is 0 Å². The summed E-state index contributed by atoms with van der Waals surface area (Å²) in [5.41, 5.74) is 1.01. The maximum atomic E-state index is 12.4. The number of hydrogen-bond acceptors (Lipinski definition) is 3. The first kappa shape index (κ1) is 15.5. The zero-order valence-electron chi connectivity index (χ0n) is 12.2. The monoisotopic (exact) mass is 296 g/mol. The van der Waals surface area contributed by atoms with Crippen LogP contribution in [0, 0.1) is 0 Å². The Morgan fingerprint density at radius 3 is 2.45 bits per heavy atom. The fourth-order valence-electron chi connectivity index (χ4n) is 2.12. The fraction of sp³-hybridized carbons (Fsp3) is 0.600. The second-order valence-electron chi connectivity index (χ2n) is 5.53. The van der Waals surface area contributed by atoms with Gasteiger partial charge in [-0.25, -0.2) is 13.1 Å². The van der Waals surface area contributed by atoms with Gasteiger partial charge in [-0.05, 0) is 31.7 Å². The summed E-state index contributed by atoms with van der Waals surface area (Å²) >= 11 is 0. The lowest BCUT2D eigenvalue weighted by atomic mass is 10.1. The zero-order chi connectivity index (χ0) is 14.6. The third-order valence-electron chi connectivity index (χ3n) is 3.72. The van der Waals surface area contributed by atoms with Gasteiger partial charge in [0.2, 0.25) is 10.0 Å². The number of sulfonamides is 1. The fourth-order valence-corrected chi connectivity index (χ4v) is 3.36. The molecule has 1 aromatic carbocycles. The van der Waals surface area contributed by atoms with Crippen molar-refractivity contribution in [2.24, 2.45) is 0 Å². The molecule has 2 atom stereocenters. The Morgan fingerprint density at radius 2 is 1.90 bits per heavy atom. The van der Waals surface area contributed by atoms with Crippen LogP contribution >= 0.6 is 0 Å². The third kappa shape index (κ3) is 4.30. The van der Waals surface area contributed by atoms with Crippen LogP contribution in [0.2, 0.25) is 0 Å². The molecule has 0 saturated heterocycles. The van der Waals surface area contributed by atoms with Crippen molar-refractivity contribution in [3.8, 4) is 0 Å². The Morgan fingerprint density at radius 1 is 1.25 bits per heavy atom. The van der Waals surface area contributed by atoms with E-state index in [4.69, 9.17) is 0 Å². The first-order valence-electron chi connectivity index (χ1n) is 7.32. The number of nitrogens with one attached hydrogen (secondary N) is 2. The van der Waals surface area contributed by atoms with Crippen LogP contribution in [0.5, 0.6) is 0 Å². The number of rotatable bonds is 8. The third-order valence-corrected chi connectivity index (χ3v) is 5.56. The van der Waals surface area contributed by atoms with Crippen LogP contribution < -0.4 is 10.0 Å². The molecule has 2 N–H and O–H groups in total. The molecule has 1 aliphatic carbocycles. The van der Waals surface area contributed by atoms with E-state index in [-0.39, 0.29) is 6.04 Å². The molecule has 0 radical (unpaired) electrons. The van der Waals surface area contributed by atoms with Crippen molar-refractivity contribution in [1.82, 2.24) is 10.0 Å². The van der Waals surface area contributed by atoms with E-state index in [1.807, 2.05) is 37.3 Å². The molecule has 4 nitrogen and oxygen atoms in total. The molecule has 5 heteroatoms. The standard InChI is InChI=1S/C15H24N2O2S/c1-3-15(13-7-5-4-6-8-13)17-20(18,19)12(2)11-16-14-9-10-14/h4-8,12,14-17H,3,9-11H2,1-2H3. The van der Waals surface area contributed by atoms with Crippen molar-refractivity contribution < 1.29 is 8.42 Å². The molecule has 0 bridgehead atoms. The quantitative estimate of drug-likeness (QED) is 0.773. The molecule has 1 aromatic rings. The summed E-state index contributed by atoms with van der Waals surface area (Å²) in [6.07, 6.45) is 3.08. The molecule has 0 amide bonds. The van der Waals surface area contributed by atoms with Crippen molar-refractivity contribution in [2.45, 2.75) is 50.4 Å². The second kappa shape index (κ2) is 6.70. The molecule has 0 spiro atoms. The molecular formula is C15H24N2O2S.